The number of amidine groups is 1. The van der Waals surface area contributed by atoms with E-state index in [2.05, 4.69) is 10.6 Å². The lowest BCUT2D eigenvalue weighted by atomic mass is 10.0. The fourth-order valence-corrected chi connectivity index (χ4v) is 6.51. The van der Waals surface area contributed by atoms with Crippen LogP contribution in [0, 0.1) is 5.41 Å². The number of ether oxygens (including phenoxy) is 1. The van der Waals surface area contributed by atoms with Crippen LogP contribution in [0.2, 0.25) is 0 Å². The summed E-state index contributed by atoms with van der Waals surface area (Å²) in [4.78, 5) is 42.5. The fourth-order valence-electron chi connectivity index (χ4n) is 4.66. The van der Waals surface area contributed by atoms with E-state index >= 15 is 4.39 Å². The standard InChI is InChI=1S/C28H27F2N5O4S2/c1-15(23-9-17(12-40-23)25(31)32)34-27(38)18-10-28(30,13-29)14-35(18)24(36)11-33-26(37)16-6-7-22-20(8-16)39-19-4-2-3-5-21(19)41-22/h2-9,12,15,18H,10-11,13-14H2,1H3,(H3,31,32)(H,33,37)(H,34,38)/t15-,18+,28+/m1/s1. The van der Waals surface area contributed by atoms with Crippen LogP contribution in [0.4, 0.5) is 8.78 Å². The van der Waals surface area contributed by atoms with Gasteiger partial charge < -0.3 is 26.0 Å². The number of amides is 3. The molecule has 1 fully saturated rings. The molecule has 1 saturated heterocycles. The molecule has 0 saturated carbocycles. The number of rotatable bonds is 8. The van der Waals surface area contributed by atoms with Crippen molar-refractivity contribution in [1.82, 2.24) is 15.5 Å². The Balaban J connectivity index is 1.23. The minimum atomic E-state index is -2.38. The molecular formula is C28H27F2N5O4S2. The average Bonchev–Trinajstić information content (AvgIpc) is 3.60. The van der Waals surface area contributed by atoms with Crippen molar-refractivity contribution in [2.75, 3.05) is 19.8 Å². The van der Waals surface area contributed by atoms with Gasteiger partial charge in [0.1, 0.15) is 30.1 Å². The smallest absolute Gasteiger partial charge is 0.251 e. The Labute approximate surface area is 242 Å². The van der Waals surface area contributed by atoms with Gasteiger partial charge in [0.15, 0.2) is 5.67 Å². The minimum Gasteiger partial charge on any atom is -0.455 e. The van der Waals surface area contributed by atoms with Crippen LogP contribution in [0.5, 0.6) is 11.5 Å². The number of thiophene rings is 1. The van der Waals surface area contributed by atoms with E-state index in [-0.39, 0.29) is 11.4 Å². The monoisotopic (exact) mass is 599 g/mol. The summed E-state index contributed by atoms with van der Waals surface area (Å²) in [5, 5.41) is 14.5. The highest BCUT2D eigenvalue weighted by molar-refractivity contribution is 7.99. The Morgan fingerprint density at radius 2 is 1.93 bits per heavy atom. The van der Waals surface area contributed by atoms with Gasteiger partial charge in [0, 0.05) is 27.8 Å². The van der Waals surface area contributed by atoms with Crippen LogP contribution in [-0.2, 0) is 9.59 Å². The van der Waals surface area contributed by atoms with Crippen LogP contribution in [0.3, 0.4) is 0 Å². The quantitative estimate of drug-likeness (QED) is 0.177. The first-order valence-corrected chi connectivity index (χ1v) is 14.4. The summed E-state index contributed by atoms with van der Waals surface area (Å²) in [5.41, 5.74) is 3.89. The molecule has 3 aromatic rings. The molecule has 3 amide bonds. The molecule has 0 spiro atoms. The number of benzene rings is 2. The number of nitrogens with zero attached hydrogens (tertiary/aromatic N) is 1. The lowest BCUT2D eigenvalue weighted by Gasteiger charge is -2.25. The Hall–Kier alpha value is -3.97. The number of para-hydroxylation sites is 1. The van der Waals surface area contributed by atoms with Gasteiger partial charge in [-0.15, -0.1) is 11.3 Å². The van der Waals surface area contributed by atoms with Gasteiger partial charge >= 0.3 is 0 Å². The predicted octanol–water partition coefficient (Wildman–Crippen LogP) is 4.17. The van der Waals surface area contributed by atoms with Gasteiger partial charge in [-0.3, -0.25) is 19.8 Å². The normalized spacial score (nSPS) is 19.9. The molecule has 41 heavy (non-hydrogen) atoms. The second-order valence-corrected chi connectivity index (χ2v) is 11.9. The summed E-state index contributed by atoms with van der Waals surface area (Å²) in [7, 11) is 0. The van der Waals surface area contributed by atoms with Gasteiger partial charge in [-0.2, -0.15) is 0 Å². The molecule has 0 unspecified atom stereocenters. The number of hydrogen-bond acceptors (Lipinski definition) is 7. The third-order valence-corrected chi connectivity index (χ3v) is 9.09. The second-order valence-electron chi connectivity index (χ2n) is 9.90. The molecule has 1 aromatic heterocycles. The molecule has 5 N–H and O–H groups in total. The van der Waals surface area contributed by atoms with Crippen LogP contribution < -0.4 is 21.1 Å². The predicted molar refractivity (Wildman–Crippen MR) is 151 cm³/mol. The zero-order valence-corrected chi connectivity index (χ0v) is 23.5. The third-order valence-electron chi connectivity index (χ3n) is 6.86. The number of nitrogen functional groups attached to an aromatic ring is 1. The highest BCUT2D eigenvalue weighted by atomic mass is 32.2. The van der Waals surface area contributed by atoms with Crippen molar-refractivity contribution in [1.29, 1.82) is 5.41 Å². The SMILES string of the molecule is C[C@@H](NC(=O)[C@@H]1C[C@](F)(CF)CN1C(=O)CNC(=O)c1ccc2c(c1)Oc1ccccc1S2)c1cc(C(=N)N)cs1. The first-order chi connectivity index (χ1) is 19.6. The molecule has 9 nitrogen and oxygen atoms in total. The van der Waals surface area contributed by atoms with Crippen LogP contribution in [0.15, 0.2) is 63.7 Å². The minimum absolute atomic E-state index is 0.113. The van der Waals surface area contributed by atoms with E-state index in [4.69, 9.17) is 15.9 Å². The first kappa shape index (κ1) is 28.6. The average molecular weight is 600 g/mol. The van der Waals surface area contributed by atoms with Crippen molar-refractivity contribution >= 4 is 46.7 Å². The molecule has 3 heterocycles. The van der Waals surface area contributed by atoms with Gasteiger partial charge in [-0.1, -0.05) is 23.9 Å². The van der Waals surface area contributed by atoms with Gasteiger partial charge in [0.2, 0.25) is 11.8 Å². The summed E-state index contributed by atoms with van der Waals surface area (Å²) in [6.45, 7) is -0.775. The number of nitrogens with one attached hydrogen (secondary N) is 3. The molecule has 5 rings (SSSR count). The van der Waals surface area contributed by atoms with Crippen molar-refractivity contribution < 1.29 is 27.9 Å². The number of nitrogens with two attached hydrogens (primary N) is 1. The number of hydrogen-bond donors (Lipinski definition) is 4. The topological polar surface area (TPSA) is 138 Å². The molecule has 0 bridgehead atoms. The number of halogens is 2. The Kier molecular flexibility index (Phi) is 8.00. The van der Waals surface area contributed by atoms with Crippen molar-refractivity contribution in [3.8, 4) is 11.5 Å². The summed E-state index contributed by atoms with van der Waals surface area (Å²) >= 11 is 2.80. The van der Waals surface area contributed by atoms with E-state index in [1.54, 1.807) is 36.6 Å². The summed E-state index contributed by atoms with van der Waals surface area (Å²) < 4.78 is 34.5. The number of alkyl halides is 2. The summed E-state index contributed by atoms with van der Waals surface area (Å²) in [5.74, 6) is -0.854. The zero-order valence-electron chi connectivity index (χ0n) is 21.9. The van der Waals surface area contributed by atoms with Crippen molar-refractivity contribution in [2.45, 2.75) is 40.9 Å². The molecule has 2 aliphatic heterocycles. The fraction of sp³-hybridized carbons (Fsp3) is 0.286. The highest BCUT2D eigenvalue weighted by Crippen LogP contribution is 2.47. The molecule has 2 aromatic carbocycles. The molecule has 13 heteroatoms. The number of carbonyl (C=O) groups is 3. The summed E-state index contributed by atoms with van der Waals surface area (Å²) in [6.07, 6.45) is -0.508. The largest absolute Gasteiger partial charge is 0.455 e. The maximum atomic E-state index is 15.1. The van der Waals surface area contributed by atoms with Gasteiger partial charge in [-0.05, 0) is 43.3 Å². The molecule has 2 aliphatic rings. The van der Waals surface area contributed by atoms with Crippen molar-refractivity contribution in [2.24, 2.45) is 5.73 Å². The van der Waals surface area contributed by atoms with E-state index in [1.165, 1.54) is 23.1 Å². The van der Waals surface area contributed by atoms with Gasteiger partial charge in [-0.25, -0.2) is 8.78 Å². The Morgan fingerprint density at radius 3 is 2.66 bits per heavy atom. The van der Waals surface area contributed by atoms with E-state index in [0.29, 0.717) is 21.9 Å². The first-order valence-electron chi connectivity index (χ1n) is 12.7. The van der Waals surface area contributed by atoms with Crippen LogP contribution in [0.1, 0.15) is 40.2 Å². The van der Waals surface area contributed by atoms with Gasteiger partial charge in [0.25, 0.3) is 5.91 Å². The summed E-state index contributed by atoms with van der Waals surface area (Å²) in [6, 6.07) is 12.3. The Bertz CT molecular complexity index is 1530. The van der Waals surface area contributed by atoms with E-state index < -0.39 is 61.7 Å². The molecule has 3 atom stereocenters. The van der Waals surface area contributed by atoms with Crippen LogP contribution >= 0.6 is 23.1 Å². The number of likely N-dealkylation sites (tertiary alicyclic amines) is 1. The van der Waals surface area contributed by atoms with E-state index in [9.17, 15) is 18.8 Å². The van der Waals surface area contributed by atoms with Crippen LogP contribution in [-0.4, -0.2) is 59.9 Å². The molecule has 214 valence electrons. The maximum absolute atomic E-state index is 15.1. The van der Waals surface area contributed by atoms with Crippen molar-refractivity contribution in [3.05, 3.63) is 69.9 Å². The lowest BCUT2D eigenvalue weighted by molar-refractivity contribution is -0.138. The highest BCUT2D eigenvalue weighted by Gasteiger charge is 2.49. The second kappa shape index (κ2) is 11.5. The lowest BCUT2D eigenvalue weighted by Crippen LogP contribution is -2.49. The molecule has 0 radical (unpaired) electrons. The number of fused-ring (bicyclic) bond motifs is 2. The molecular weight excluding hydrogens is 572 g/mol. The Morgan fingerprint density at radius 1 is 1.17 bits per heavy atom. The maximum Gasteiger partial charge on any atom is 0.251 e. The van der Waals surface area contributed by atoms with Crippen molar-refractivity contribution in [3.63, 3.8) is 0 Å². The number of carbonyl (C=O) groups excluding carboxylic acids is 3. The van der Waals surface area contributed by atoms with Gasteiger partial charge in [0.05, 0.1) is 28.9 Å². The van der Waals surface area contributed by atoms with E-state index in [0.717, 1.165) is 14.7 Å². The third kappa shape index (κ3) is 6.05. The van der Waals surface area contributed by atoms with Crippen LogP contribution in [0.25, 0.3) is 0 Å². The van der Waals surface area contributed by atoms with E-state index in [1.807, 2.05) is 24.3 Å². The molecule has 0 aliphatic carbocycles. The zero-order chi connectivity index (χ0) is 29.3.